The molecule has 142 valence electrons. The largest absolute Gasteiger partial charge is 0.495 e. The lowest BCUT2D eigenvalue weighted by molar-refractivity contribution is -0.114. The van der Waals surface area contributed by atoms with Gasteiger partial charge in [0.2, 0.25) is 5.91 Å². The highest BCUT2D eigenvalue weighted by Gasteiger charge is 2.15. The van der Waals surface area contributed by atoms with Gasteiger partial charge in [-0.1, -0.05) is 30.3 Å². The van der Waals surface area contributed by atoms with Gasteiger partial charge in [-0.3, -0.25) is 9.59 Å². The highest BCUT2D eigenvalue weighted by Crippen LogP contribution is 2.30. The minimum Gasteiger partial charge on any atom is -0.495 e. The van der Waals surface area contributed by atoms with Crippen molar-refractivity contribution >= 4 is 23.2 Å². The fourth-order valence-electron chi connectivity index (χ4n) is 2.64. The van der Waals surface area contributed by atoms with E-state index in [1.807, 2.05) is 30.3 Å². The zero-order valence-electron chi connectivity index (χ0n) is 15.6. The van der Waals surface area contributed by atoms with Crippen LogP contribution in [0, 0.1) is 0 Å². The molecule has 3 rings (SSSR count). The monoisotopic (exact) mass is 376 g/mol. The van der Waals surface area contributed by atoms with Gasteiger partial charge in [-0.25, -0.2) is 0 Å². The second kappa shape index (κ2) is 8.73. The minimum absolute atomic E-state index is 0.205. The number of nitrogens with one attached hydrogen (secondary N) is 2. The summed E-state index contributed by atoms with van der Waals surface area (Å²) in [5.41, 5.74) is 1.36. The van der Waals surface area contributed by atoms with E-state index >= 15 is 0 Å². The van der Waals surface area contributed by atoms with Crippen molar-refractivity contribution in [3.8, 4) is 17.2 Å². The van der Waals surface area contributed by atoms with Gasteiger partial charge < -0.3 is 20.1 Å². The SMILES string of the molecule is COc1ccc(NC(C)=O)cc1NC(=O)c1ccccc1Oc1ccccc1. The van der Waals surface area contributed by atoms with Crippen molar-refractivity contribution in [3.05, 3.63) is 78.4 Å². The van der Waals surface area contributed by atoms with Gasteiger partial charge in [0, 0.05) is 12.6 Å². The van der Waals surface area contributed by atoms with Gasteiger partial charge >= 0.3 is 0 Å². The fraction of sp³-hybridized carbons (Fsp3) is 0.0909. The summed E-state index contributed by atoms with van der Waals surface area (Å²) in [6, 6.07) is 21.2. The number of hydrogen-bond acceptors (Lipinski definition) is 4. The lowest BCUT2D eigenvalue weighted by Crippen LogP contribution is -2.14. The number of rotatable bonds is 6. The first kappa shape index (κ1) is 19.0. The molecule has 6 heteroatoms. The van der Waals surface area contributed by atoms with Gasteiger partial charge in [0.05, 0.1) is 18.4 Å². The van der Waals surface area contributed by atoms with Crippen molar-refractivity contribution in [2.45, 2.75) is 6.92 Å². The molecule has 28 heavy (non-hydrogen) atoms. The first-order valence-electron chi connectivity index (χ1n) is 8.65. The molecule has 3 aromatic carbocycles. The van der Waals surface area contributed by atoms with Crippen molar-refractivity contribution in [2.75, 3.05) is 17.7 Å². The Kier molecular flexibility index (Phi) is 5.91. The highest BCUT2D eigenvalue weighted by atomic mass is 16.5. The van der Waals surface area contributed by atoms with Gasteiger partial charge in [0.15, 0.2) is 0 Å². The second-order valence-electron chi connectivity index (χ2n) is 5.96. The molecule has 0 aromatic heterocycles. The molecule has 3 aromatic rings. The molecule has 0 radical (unpaired) electrons. The Bertz CT molecular complexity index is 987. The first-order chi connectivity index (χ1) is 13.6. The van der Waals surface area contributed by atoms with Crippen LogP contribution in [0.25, 0.3) is 0 Å². The molecular weight excluding hydrogens is 356 g/mol. The smallest absolute Gasteiger partial charge is 0.259 e. The molecule has 0 heterocycles. The van der Waals surface area contributed by atoms with Crippen LogP contribution < -0.4 is 20.1 Å². The molecule has 6 nitrogen and oxygen atoms in total. The Morgan fingerprint density at radius 3 is 2.25 bits per heavy atom. The number of hydrogen-bond donors (Lipinski definition) is 2. The van der Waals surface area contributed by atoms with E-state index in [9.17, 15) is 9.59 Å². The summed E-state index contributed by atoms with van der Waals surface area (Å²) < 4.78 is 11.2. The number of para-hydroxylation sites is 2. The molecular formula is C22H20N2O4. The highest BCUT2D eigenvalue weighted by molar-refractivity contribution is 6.07. The third-order valence-corrected chi connectivity index (χ3v) is 3.87. The van der Waals surface area contributed by atoms with Crippen LogP contribution in [-0.2, 0) is 4.79 Å². The number of ether oxygens (including phenoxy) is 2. The summed E-state index contributed by atoms with van der Waals surface area (Å²) in [6.45, 7) is 1.42. The molecule has 0 bridgehead atoms. The predicted molar refractivity (Wildman–Crippen MR) is 108 cm³/mol. The third-order valence-electron chi connectivity index (χ3n) is 3.87. The van der Waals surface area contributed by atoms with Crippen LogP contribution in [0.3, 0.4) is 0 Å². The topological polar surface area (TPSA) is 76.7 Å². The standard InChI is InChI=1S/C22H20N2O4/c1-15(25)23-16-12-13-21(27-2)19(14-16)24-22(26)18-10-6-7-11-20(18)28-17-8-4-3-5-9-17/h3-14H,1-2H3,(H,23,25)(H,24,26). The molecule has 0 aliphatic carbocycles. The predicted octanol–water partition coefficient (Wildman–Crippen LogP) is 4.70. The Labute approximate surface area is 163 Å². The van der Waals surface area contributed by atoms with Crippen molar-refractivity contribution in [1.82, 2.24) is 0 Å². The van der Waals surface area contributed by atoms with E-state index < -0.39 is 0 Å². The van der Waals surface area contributed by atoms with Gasteiger partial charge in [0.25, 0.3) is 5.91 Å². The number of benzene rings is 3. The van der Waals surface area contributed by atoms with E-state index in [1.165, 1.54) is 14.0 Å². The fourth-order valence-corrected chi connectivity index (χ4v) is 2.64. The molecule has 2 N–H and O–H groups in total. The molecule has 0 aliphatic heterocycles. The van der Waals surface area contributed by atoms with Crippen LogP contribution in [-0.4, -0.2) is 18.9 Å². The van der Waals surface area contributed by atoms with Gasteiger partial charge in [-0.05, 0) is 42.5 Å². The first-order valence-corrected chi connectivity index (χ1v) is 8.65. The minimum atomic E-state index is -0.357. The molecule has 0 aliphatic rings. The van der Waals surface area contributed by atoms with E-state index in [-0.39, 0.29) is 11.8 Å². The van der Waals surface area contributed by atoms with Crippen LogP contribution in [0.1, 0.15) is 17.3 Å². The third kappa shape index (κ3) is 4.67. The summed E-state index contributed by atoms with van der Waals surface area (Å²) in [5, 5.41) is 5.51. The number of amides is 2. The van der Waals surface area contributed by atoms with Gasteiger partial charge in [-0.15, -0.1) is 0 Å². The van der Waals surface area contributed by atoms with E-state index in [0.717, 1.165) is 0 Å². The van der Waals surface area contributed by atoms with Crippen LogP contribution in [0.4, 0.5) is 11.4 Å². The van der Waals surface area contributed by atoms with Gasteiger partial charge in [-0.2, -0.15) is 0 Å². The van der Waals surface area contributed by atoms with Crippen molar-refractivity contribution in [1.29, 1.82) is 0 Å². The summed E-state index contributed by atoms with van der Waals surface area (Å²) in [5.74, 6) is 0.980. The summed E-state index contributed by atoms with van der Waals surface area (Å²) in [7, 11) is 1.51. The van der Waals surface area contributed by atoms with Crippen LogP contribution in [0.2, 0.25) is 0 Å². The maximum absolute atomic E-state index is 12.9. The second-order valence-corrected chi connectivity index (χ2v) is 5.96. The molecule has 0 fully saturated rings. The summed E-state index contributed by atoms with van der Waals surface area (Å²) in [6.07, 6.45) is 0. The van der Waals surface area contributed by atoms with Crippen molar-refractivity contribution in [3.63, 3.8) is 0 Å². The maximum Gasteiger partial charge on any atom is 0.259 e. The number of carbonyl (C=O) groups is 2. The quantitative estimate of drug-likeness (QED) is 0.654. The Morgan fingerprint density at radius 2 is 1.54 bits per heavy atom. The summed E-state index contributed by atoms with van der Waals surface area (Å²) >= 11 is 0. The molecule has 0 saturated heterocycles. The van der Waals surface area contributed by atoms with E-state index in [4.69, 9.17) is 9.47 Å². The lowest BCUT2D eigenvalue weighted by Gasteiger charge is -2.14. The Hall–Kier alpha value is -3.80. The van der Waals surface area contributed by atoms with Crippen LogP contribution in [0.5, 0.6) is 17.2 Å². The zero-order chi connectivity index (χ0) is 19.9. The Balaban J connectivity index is 1.86. The number of anilines is 2. The lowest BCUT2D eigenvalue weighted by atomic mass is 10.1. The normalized spacial score (nSPS) is 10.1. The van der Waals surface area contributed by atoms with Crippen molar-refractivity contribution in [2.24, 2.45) is 0 Å². The molecule has 2 amide bonds. The molecule has 0 spiro atoms. The Morgan fingerprint density at radius 1 is 0.821 bits per heavy atom. The maximum atomic E-state index is 12.9. The summed E-state index contributed by atoms with van der Waals surface area (Å²) in [4.78, 5) is 24.2. The number of carbonyl (C=O) groups excluding carboxylic acids is 2. The van der Waals surface area contributed by atoms with Gasteiger partial charge in [0.1, 0.15) is 17.2 Å². The van der Waals surface area contributed by atoms with Crippen LogP contribution in [0.15, 0.2) is 72.8 Å². The van der Waals surface area contributed by atoms with E-state index in [2.05, 4.69) is 10.6 Å². The number of methoxy groups -OCH3 is 1. The average molecular weight is 376 g/mol. The molecule has 0 saturated carbocycles. The zero-order valence-corrected chi connectivity index (χ0v) is 15.6. The van der Waals surface area contributed by atoms with E-state index in [1.54, 1.807) is 42.5 Å². The van der Waals surface area contributed by atoms with E-state index in [0.29, 0.717) is 34.2 Å². The molecule has 0 unspecified atom stereocenters. The molecule has 0 atom stereocenters. The van der Waals surface area contributed by atoms with Crippen molar-refractivity contribution < 1.29 is 19.1 Å². The average Bonchev–Trinajstić information content (AvgIpc) is 2.69. The van der Waals surface area contributed by atoms with Crippen LogP contribution >= 0.6 is 0 Å².